The highest BCUT2D eigenvalue weighted by molar-refractivity contribution is 6.00. The predicted molar refractivity (Wildman–Crippen MR) is 102 cm³/mol. The van der Waals surface area contributed by atoms with Gasteiger partial charge in [-0.1, -0.05) is 12.1 Å². The lowest BCUT2D eigenvalue weighted by molar-refractivity contribution is -0.115. The highest BCUT2D eigenvalue weighted by atomic mass is 16.5. The summed E-state index contributed by atoms with van der Waals surface area (Å²) in [6.07, 6.45) is 0. The van der Waals surface area contributed by atoms with Gasteiger partial charge >= 0.3 is 0 Å². The number of nitrogens with one attached hydrogen (secondary N) is 2. The molecule has 0 aromatic heterocycles. The Hall–Kier alpha value is -3.06. The first-order chi connectivity index (χ1) is 13.1. The summed E-state index contributed by atoms with van der Waals surface area (Å²) in [4.78, 5) is 24.3. The molecule has 0 aliphatic carbocycles. The zero-order valence-corrected chi connectivity index (χ0v) is 15.5. The van der Waals surface area contributed by atoms with Crippen molar-refractivity contribution in [2.75, 3.05) is 38.8 Å². The summed E-state index contributed by atoms with van der Waals surface area (Å²) in [5.41, 5.74) is 1.01. The summed E-state index contributed by atoms with van der Waals surface area (Å²) in [5, 5.41) is 5.31. The highest BCUT2D eigenvalue weighted by Crippen LogP contribution is 2.18. The van der Waals surface area contributed by atoms with Crippen LogP contribution in [0.3, 0.4) is 0 Å². The van der Waals surface area contributed by atoms with Crippen molar-refractivity contribution in [3.05, 3.63) is 54.1 Å². The number of hydrogen-bond donors (Lipinski definition) is 2. The Morgan fingerprint density at radius 2 is 1.70 bits per heavy atom. The van der Waals surface area contributed by atoms with Crippen LogP contribution in [0.5, 0.6) is 11.5 Å². The van der Waals surface area contributed by atoms with Crippen LogP contribution in [0.25, 0.3) is 0 Å². The molecule has 2 aromatic rings. The fourth-order valence-corrected chi connectivity index (χ4v) is 2.27. The molecular weight excluding hydrogens is 348 g/mol. The Labute approximate surface area is 158 Å². The van der Waals surface area contributed by atoms with E-state index in [1.54, 1.807) is 55.6 Å². The fraction of sp³-hybridized carbons (Fsp3) is 0.300. The van der Waals surface area contributed by atoms with E-state index < -0.39 is 0 Å². The van der Waals surface area contributed by atoms with Crippen LogP contribution in [-0.4, -0.2) is 45.3 Å². The number of carbonyl (C=O) groups excluding carboxylic acids is 2. The normalized spacial score (nSPS) is 10.1. The van der Waals surface area contributed by atoms with E-state index in [0.717, 1.165) is 0 Å². The first kappa shape index (κ1) is 20.3. The molecule has 0 spiro atoms. The molecule has 0 bridgehead atoms. The second kappa shape index (κ2) is 10.8. The second-order valence-corrected chi connectivity index (χ2v) is 5.53. The molecule has 0 atom stereocenters. The van der Waals surface area contributed by atoms with Crippen LogP contribution in [0.2, 0.25) is 0 Å². The summed E-state index contributed by atoms with van der Waals surface area (Å²) in [6, 6.07) is 13.9. The molecule has 27 heavy (non-hydrogen) atoms. The van der Waals surface area contributed by atoms with E-state index in [2.05, 4.69) is 10.6 Å². The van der Waals surface area contributed by atoms with Crippen molar-refractivity contribution in [3.8, 4) is 11.5 Å². The van der Waals surface area contributed by atoms with Crippen LogP contribution in [0.1, 0.15) is 17.3 Å². The fourth-order valence-electron chi connectivity index (χ4n) is 2.27. The van der Waals surface area contributed by atoms with E-state index in [1.165, 1.54) is 0 Å². The number of hydrogen-bond acceptors (Lipinski definition) is 5. The standard InChI is InChI=1S/C20H24N2O5/c1-3-26-18-7-5-4-6-17(18)20(24)21-14-19(23)22-15-8-10-16(11-9-15)27-13-12-25-2/h4-11H,3,12-14H2,1-2H3,(H,21,24)(H,22,23). The highest BCUT2D eigenvalue weighted by Gasteiger charge is 2.13. The number of rotatable bonds is 10. The van der Waals surface area contributed by atoms with Gasteiger partial charge in [0.2, 0.25) is 5.91 Å². The van der Waals surface area contributed by atoms with E-state index in [4.69, 9.17) is 14.2 Å². The van der Waals surface area contributed by atoms with Crippen molar-refractivity contribution in [2.45, 2.75) is 6.92 Å². The SMILES string of the molecule is CCOc1ccccc1C(=O)NCC(=O)Nc1ccc(OCCOC)cc1. The average Bonchev–Trinajstić information content (AvgIpc) is 2.68. The van der Waals surface area contributed by atoms with Gasteiger partial charge in [0.15, 0.2) is 0 Å². The summed E-state index contributed by atoms with van der Waals surface area (Å²) in [5.74, 6) is 0.481. The number of ether oxygens (including phenoxy) is 3. The number of anilines is 1. The largest absolute Gasteiger partial charge is 0.493 e. The molecule has 0 fully saturated rings. The third-order valence-electron chi connectivity index (χ3n) is 3.54. The smallest absolute Gasteiger partial charge is 0.255 e. The Morgan fingerprint density at radius 1 is 0.963 bits per heavy atom. The van der Waals surface area contributed by atoms with Gasteiger partial charge in [-0.3, -0.25) is 9.59 Å². The lowest BCUT2D eigenvalue weighted by Crippen LogP contribution is -2.33. The third kappa shape index (κ3) is 6.63. The van der Waals surface area contributed by atoms with E-state index in [0.29, 0.717) is 42.6 Å². The van der Waals surface area contributed by atoms with E-state index >= 15 is 0 Å². The number of para-hydroxylation sites is 1. The minimum atomic E-state index is -0.365. The number of methoxy groups -OCH3 is 1. The number of amides is 2. The van der Waals surface area contributed by atoms with Gasteiger partial charge in [-0.25, -0.2) is 0 Å². The third-order valence-corrected chi connectivity index (χ3v) is 3.54. The average molecular weight is 372 g/mol. The van der Waals surface area contributed by atoms with Crippen molar-refractivity contribution < 1.29 is 23.8 Å². The molecule has 2 aromatic carbocycles. The van der Waals surface area contributed by atoms with Gasteiger partial charge in [-0.2, -0.15) is 0 Å². The molecule has 7 nitrogen and oxygen atoms in total. The molecule has 2 rings (SSSR count). The van der Waals surface area contributed by atoms with Crippen LogP contribution < -0.4 is 20.1 Å². The van der Waals surface area contributed by atoms with Gasteiger partial charge in [-0.15, -0.1) is 0 Å². The Balaban J connectivity index is 1.83. The van der Waals surface area contributed by atoms with Gasteiger partial charge in [0.25, 0.3) is 5.91 Å². The molecule has 0 saturated heterocycles. The monoisotopic (exact) mass is 372 g/mol. The van der Waals surface area contributed by atoms with Crippen molar-refractivity contribution in [1.29, 1.82) is 0 Å². The lowest BCUT2D eigenvalue weighted by Gasteiger charge is -2.11. The molecule has 144 valence electrons. The van der Waals surface area contributed by atoms with Gasteiger partial charge in [-0.05, 0) is 43.3 Å². The summed E-state index contributed by atoms with van der Waals surface area (Å²) >= 11 is 0. The molecular formula is C20H24N2O5. The van der Waals surface area contributed by atoms with Crippen LogP contribution in [0, 0.1) is 0 Å². The predicted octanol–water partition coefficient (Wildman–Crippen LogP) is 2.48. The Bertz CT molecular complexity index is 746. The van der Waals surface area contributed by atoms with Crippen molar-refractivity contribution in [3.63, 3.8) is 0 Å². The van der Waals surface area contributed by atoms with Crippen LogP contribution in [0.4, 0.5) is 5.69 Å². The molecule has 2 N–H and O–H groups in total. The zero-order chi connectivity index (χ0) is 19.5. The second-order valence-electron chi connectivity index (χ2n) is 5.53. The van der Waals surface area contributed by atoms with E-state index in [9.17, 15) is 9.59 Å². The van der Waals surface area contributed by atoms with E-state index in [-0.39, 0.29) is 18.4 Å². The Morgan fingerprint density at radius 3 is 2.41 bits per heavy atom. The van der Waals surface area contributed by atoms with Gasteiger partial charge in [0.1, 0.15) is 18.1 Å². The minimum absolute atomic E-state index is 0.147. The molecule has 7 heteroatoms. The van der Waals surface area contributed by atoms with E-state index in [1.807, 2.05) is 6.92 Å². The topological polar surface area (TPSA) is 85.9 Å². The van der Waals surface area contributed by atoms with Crippen LogP contribution in [0.15, 0.2) is 48.5 Å². The molecule has 0 radical (unpaired) electrons. The summed E-state index contributed by atoms with van der Waals surface area (Å²) in [7, 11) is 1.61. The first-order valence-corrected chi connectivity index (χ1v) is 8.65. The maximum absolute atomic E-state index is 12.3. The van der Waals surface area contributed by atoms with Crippen molar-refractivity contribution in [1.82, 2.24) is 5.32 Å². The first-order valence-electron chi connectivity index (χ1n) is 8.65. The number of carbonyl (C=O) groups is 2. The Kier molecular flexibility index (Phi) is 8.12. The van der Waals surface area contributed by atoms with Gasteiger partial charge in [0, 0.05) is 12.8 Å². The summed E-state index contributed by atoms with van der Waals surface area (Å²) in [6.45, 7) is 3.11. The van der Waals surface area contributed by atoms with Crippen molar-refractivity contribution >= 4 is 17.5 Å². The lowest BCUT2D eigenvalue weighted by atomic mass is 10.2. The van der Waals surface area contributed by atoms with Gasteiger partial charge < -0.3 is 24.8 Å². The maximum Gasteiger partial charge on any atom is 0.255 e. The minimum Gasteiger partial charge on any atom is -0.493 e. The molecule has 0 aliphatic rings. The summed E-state index contributed by atoms with van der Waals surface area (Å²) < 4.78 is 15.8. The quantitative estimate of drug-likeness (QED) is 0.626. The van der Waals surface area contributed by atoms with Gasteiger partial charge in [0.05, 0.1) is 25.3 Å². The molecule has 0 unspecified atom stereocenters. The molecule has 0 aliphatic heterocycles. The zero-order valence-electron chi connectivity index (χ0n) is 15.5. The molecule has 0 saturated carbocycles. The van der Waals surface area contributed by atoms with Crippen LogP contribution in [-0.2, 0) is 9.53 Å². The molecule has 0 heterocycles. The van der Waals surface area contributed by atoms with Crippen molar-refractivity contribution in [2.24, 2.45) is 0 Å². The van der Waals surface area contributed by atoms with Crippen LogP contribution >= 0.6 is 0 Å². The number of benzene rings is 2. The maximum atomic E-state index is 12.3. The molecule has 2 amide bonds.